The molecule has 1 aromatic heterocycles. The molecule has 0 aliphatic heterocycles. The highest BCUT2D eigenvalue weighted by atomic mass is 79.9. The number of anilines is 1. The third kappa shape index (κ3) is 3.19. The van der Waals surface area contributed by atoms with Crippen molar-refractivity contribution in [3.05, 3.63) is 22.8 Å². The van der Waals surface area contributed by atoms with Gasteiger partial charge in [0.2, 0.25) is 0 Å². The zero-order valence-electron chi connectivity index (χ0n) is 9.19. The van der Waals surface area contributed by atoms with Crippen LogP contribution in [0.2, 0.25) is 0 Å². The summed E-state index contributed by atoms with van der Waals surface area (Å²) in [7, 11) is 0. The molecule has 1 aliphatic carbocycles. The van der Waals surface area contributed by atoms with Gasteiger partial charge in [0, 0.05) is 12.7 Å². The molecule has 1 aliphatic rings. The van der Waals surface area contributed by atoms with Crippen LogP contribution in [0.15, 0.2) is 22.8 Å². The topological polar surface area (TPSA) is 45.1 Å². The van der Waals surface area contributed by atoms with Crippen molar-refractivity contribution in [3.8, 4) is 0 Å². The van der Waals surface area contributed by atoms with Crippen LogP contribution in [0.4, 0.5) is 5.82 Å². The number of nitrogens with one attached hydrogen (secondary N) is 1. The number of aliphatic hydroxyl groups is 1. The minimum atomic E-state index is -0.0714. The first-order valence-electron chi connectivity index (χ1n) is 5.78. The smallest absolute Gasteiger partial charge is 0.140 e. The van der Waals surface area contributed by atoms with Gasteiger partial charge >= 0.3 is 0 Å². The molecule has 1 saturated carbocycles. The van der Waals surface area contributed by atoms with Gasteiger partial charge in [-0.05, 0) is 59.7 Å². The molecule has 0 saturated heterocycles. The van der Waals surface area contributed by atoms with Crippen LogP contribution in [0.25, 0.3) is 0 Å². The molecular formula is C12H17BrN2O. The molecule has 0 amide bonds. The number of rotatable bonds is 3. The van der Waals surface area contributed by atoms with Gasteiger partial charge in [-0.25, -0.2) is 4.98 Å². The van der Waals surface area contributed by atoms with E-state index in [1.54, 1.807) is 6.20 Å². The zero-order chi connectivity index (χ0) is 11.4. The Kier molecular flexibility index (Phi) is 4.18. The second kappa shape index (κ2) is 5.64. The fourth-order valence-corrected chi connectivity index (χ4v) is 2.50. The van der Waals surface area contributed by atoms with E-state index in [-0.39, 0.29) is 6.10 Å². The van der Waals surface area contributed by atoms with Gasteiger partial charge in [-0.2, -0.15) is 0 Å². The van der Waals surface area contributed by atoms with Crippen molar-refractivity contribution < 1.29 is 5.11 Å². The van der Waals surface area contributed by atoms with Gasteiger partial charge in [0.05, 0.1) is 10.6 Å². The second-order valence-corrected chi connectivity index (χ2v) is 5.24. The number of pyridine rings is 1. The van der Waals surface area contributed by atoms with Gasteiger partial charge in [0.1, 0.15) is 5.82 Å². The van der Waals surface area contributed by atoms with Gasteiger partial charge in [-0.3, -0.25) is 0 Å². The Balaban J connectivity index is 1.81. The Bertz CT molecular complexity index is 338. The van der Waals surface area contributed by atoms with E-state index < -0.39 is 0 Å². The van der Waals surface area contributed by atoms with Crippen molar-refractivity contribution >= 4 is 21.7 Å². The molecule has 88 valence electrons. The van der Waals surface area contributed by atoms with Crippen molar-refractivity contribution in [2.45, 2.75) is 31.8 Å². The lowest BCUT2D eigenvalue weighted by Gasteiger charge is -2.25. The van der Waals surface area contributed by atoms with E-state index in [1.165, 1.54) is 0 Å². The summed E-state index contributed by atoms with van der Waals surface area (Å²) in [5, 5.41) is 12.8. The zero-order valence-corrected chi connectivity index (χ0v) is 10.8. The average molecular weight is 285 g/mol. The quantitative estimate of drug-likeness (QED) is 0.897. The van der Waals surface area contributed by atoms with Gasteiger partial charge in [-0.1, -0.05) is 0 Å². The Morgan fingerprint density at radius 3 is 2.81 bits per heavy atom. The normalized spacial score (nSPS) is 25.4. The first-order chi connectivity index (χ1) is 7.75. The van der Waals surface area contributed by atoms with E-state index in [2.05, 4.69) is 26.2 Å². The minimum absolute atomic E-state index is 0.0714. The van der Waals surface area contributed by atoms with Crippen LogP contribution in [0.3, 0.4) is 0 Å². The largest absolute Gasteiger partial charge is 0.393 e. The summed E-state index contributed by atoms with van der Waals surface area (Å²) in [5.41, 5.74) is 0. The molecule has 0 radical (unpaired) electrons. The third-order valence-electron chi connectivity index (χ3n) is 3.13. The van der Waals surface area contributed by atoms with Crippen molar-refractivity contribution in [3.63, 3.8) is 0 Å². The number of aliphatic hydroxyl groups excluding tert-OH is 1. The highest BCUT2D eigenvalue weighted by molar-refractivity contribution is 9.10. The fraction of sp³-hybridized carbons (Fsp3) is 0.583. The fourth-order valence-electron chi connectivity index (χ4n) is 2.11. The molecule has 0 unspecified atom stereocenters. The van der Waals surface area contributed by atoms with Crippen molar-refractivity contribution in [1.82, 2.24) is 4.98 Å². The number of nitrogens with zero attached hydrogens (tertiary/aromatic N) is 1. The average Bonchev–Trinajstić information content (AvgIpc) is 2.30. The van der Waals surface area contributed by atoms with Crippen LogP contribution in [0, 0.1) is 5.92 Å². The van der Waals surface area contributed by atoms with Gasteiger partial charge in [0.15, 0.2) is 0 Å². The highest BCUT2D eigenvalue weighted by Gasteiger charge is 2.19. The molecule has 0 aromatic carbocycles. The molecule has 16 heavy (non-hydrogen) atoms. The Hall–Kier alpha value is -0.610. The number of hydrogen-bond acceptors (Lipinski definition) is 3. The predicted octanol–water partition coefficient (Wildman–Crippen LogP) is 2.81. The number of aromatic nitrogens is 1. The first kappa shape index (κ1) is 11.9. The summed E-state index contributed by atoms with van der Waals surface area (Å²) in [6, 6.07) is 3.90. The number of halogens is 1. The lowest BCUT2D eigenvalue weighted by atomic mass is 9.87. The lowest BCUT2D eigenvalue weighted by molar-refractivity contribution is 0.111. The second-order valence-electron chi connectivity index (χ2n) is 4.39. The summed E-state index contributed by atoms with van der Waals surface area (Å²) < 4.78 is 1.01. The van der Waals surface area contributed by atoms with E-state index in [9.17, 15) is 5.11 Å². The third-order valence-corrected chi connectivity index (χ3v) is 3.77. The van der Waals surface area contributed by atoms with Crippen LogP contribution in [-0.2, 0) is 0 Å². The molecule has 4 heteroatoms. The molecular weight excluding hydrogens is 268 g/mol. The predicted molar refractivity (Wildman–Crippen MR) is 68.4 cm³/mol. The molecule has 2 rings (SSSR count). The van der Waals surface area contributed by atoms with Crippen molar-refractivity contribution in [2.24, 2.45) is 5.92 Å². The molecule has 0 atom stereocenters. The first-order valence-corrected chi connectivity index (χ1v) is 6.57. The lowest BCUT2D eigenvalue weighted by Crippen LogP contribution is -2.23. The maximum atomic E-state index is 9.42. The van der Waals surface area contributed by atoms with E-state index in [1.807, 2.05) is 12.1 Å². The molecule has 0 bridgehead atoms. The maximum absolute atomic E-state index is 9.42. The van der Waals surface area contributed by atoms with Crippen LogP contribution in [0.5, 0.6) is 0 Å². The Labute approximate surface area is 104 Å². The monoisotopic (exact) mass is 284 g/mol. The molecule has 1 heterocycles. The summed E-state index contributed by atoms with van der Waals surface area (Å²) in [4.78, 5) is 4.27. The van der Waals surface area contributed by atoms with Crippen molar-refractivity contribution in [2.75, 3.05) is 11.9 Å². The molecule has 1 fully saturated rings. The SMILES string of the molecule is OC1CCC(CNc2ncccc2Br)CC1. The molecule has 0 spiro atoms. The summed E-state index contributed by atoms with van der Waals surface area (Å²) in [6.45, 7) is 0.947. The van der Waals surface area contributed by atoms with Crippen LogP contribution >= 0.6 is 15.9 Å². The maximum Gasteiger partial charge on any atom is 0.140 e. The van der Waals surface area contributed by atoms with Gasteiger partial charge in [-0.15, -0.1) is 0 Å². The van der Waals surface area contributed by atoms with E-state index >= 15 is 0 Å². The molecule has 1 aromatic rings. The number of hydrogen-bond donors (Lipinski definition) is 2. The minimum Gasteiger partial charge on any atom is -0.393 e. The Morgan fingerprint density at radius 2 is 2.12 bits per heavy atom. The van der Waals surface area contributed by atoms with E-state index in [0.29, 0.717) is 5.92 Å². The van der Waals surface area contributed by atoms with Crippen LogP contribution < -0.4 is 5.32 Å². The van der Waals surface area contributed by atoms with E-state index in [4.69, 9.17) is 0 Å². The van der Waals surface area contributed by atoms with Crippen molar-refractivity contribution in [1.29, 1.82) is 0 Å². The molecule has 2 N–H and O–H groups in total. The van der Waals surface area contributed by atoms with E-state index in [0.717, 1.165) is 42.5 Å². The summed E-state index contributed by atoms with van der Waals surface area (Å²) in [5.74, 6) is 1.57. The Morgan fingerprint density at radius 1 is 1.38 bits per heavy atom. The molecule has 3 nitrogen and oxygen atoms in total. The van der Waals surface area contributed by atoms with Crippen LogP contribution in [0.1, 0.15) is 25.7 Å². The van der Waals surface area contributed by atoms with Crippen LogP contribution in [-0.4, -0.2) is 22.7 Å². The van der Waals surface area contributed by atoms with Gasteiger partial charge in [0.25, 0.3) is 0 Å². The highest BCUT2D eigenvalue weighted by Crippen LogP contribution is 2.25. The summed E-state index contributed by atoms with van der Waals surface area (Å²) in [6.07, 6.45) is 5.82. The standard InChI is InChI=1S/C12H17BrN2O/c13-11-2-1-7-14-12(11)15-8-9-3-5-10(16)6-4-9/h1-2,7,9-10,16H,3-6,8H2,(H,14,15). The van der Waals surface area contributed by atoms with Gasteiger partial charge < -0.3 is 10.4 Å². The summed E-state index contributed by atoms with van der Waals surface area (Å²) >= 11 is 3.47.